The van der Waals surface area contributed by atoms with Gasteiger partial charge in [-0.1, -0.05) is 126 Å². The van der Waals surface area contributed by atoms with Gasteiger partial charge >= 0.3 is 11.9 Å². The minimum atomic E-state index is -0.492. The smallest absolute Gasteiger partial charge is 0.320 e. The Morgan fingerprint density at radius 1 is 0.388 bits per heavy atom. The predicted octanol–water partition coefficient (Wildman–Crippen LogP) is 17.0. The molecule has 4 amide bonds. The second-order valence-electron chi connectivity index (χ2n) is 39.7. The van der Waals surface area contributed by atoms with E-state index in [9.17, 15) is 28.8 Å². The van der Waals surface area contributed by atoms with Crippen LogP contribution in [0.25, 0.3) is 0 Å². The highest BCUT2D eigenvalue weighted by atomic mass is 16.6. The lowest BCUT2D eigenvalue weighted by molar-refractivity contribution is -0.156. The first-order valence-corrected chi connectivity index (χ1v) is 49.8. The van der Waals surface area contributed by atoms with E-state index in [0.29, 0.717) is 84.4 Å². The zero-order valence-electron chi connectivity index (χ0n) is 80.4. The monoisotopic (exact) mass is 1830 g/mol. The Bertz CT molecular complexity index is 5020. The number of anilines is 8. The molecule has 8 aliphatic carbocycles. The Hall–Kier alpha value is -11.0. The summed E-state index contributed by atoms with van der Waals surface area (Å²) in [6, 6.07) is 41.0. The lowest BCUT2D eigenvalue weighted by Crippen LogP contribution is -2.42. The maximum absolute atomic E-state index is 13.0. The van der Waals surface area contributed by atoms with Crippen LogP contribution >= 0.6 is 0 Å². The van der Waals surface area contributed by atoms with Gasteiger partial charge in [0.15, 0.2) is 0 Å². The van der Waals surface area contributed by atoms with Crippen LogP contribution in [-0.4, -0.2) is 214 Å². The number of hydrogen-bond acceptors (Lipinski definition) is 25. The molecule has 4 aromatic heterocycles. The number of esters is 2. The van der Waals surface area contributed by atoms with Crippen LogP contribution in [0.4, 0.5) is 46.0 Å². The van der Waals surface area contributed by atoms with Gasteiger partial charge in [0, 0.05) is 156 Å². The molecule has 8 aromatic rings. The van der Waals surface area contributed by atoms with E-state index >= 15 is 0 Å². The van der Waals surface area contributed by atoms with Crippen LogP contribution in [-0.2, 0) is 45.2 Å². The molecule has 29 heteroatoms. The zero-order chi connectivity index (χ0) is 93.6. The van der Waals surface area contributed by atoms with E-state index in [1.165, 1.54) is 217 Å². The van der Waals surface area contributed by atoms with E-state index in [1.54, 1.807) is 6.33 Å². The topological polar surface area (TPSA) is 319 Å². The van der Waals surface area contributed by atoms with Crippen LogP contribution in [0.2, 0.25) is 0 Å². The number of amides is 4. The number of ether oxygens (including phenoxy) is 2. The molecular weight excluding hydrogens is 1680 g/mol. The van der Waals surface area contributed by atoms with Gasteiger partial charge < -0.3 is 65.9 Å². The molecule has 1 aliphatic heterocycles. The maximum atomic E-state index is 13.0. The van der Waals surface area contributed by atoms with Crippen LogP contribution in [0.15, 0.2) is 147 Å². The largest absolute Gasteiger partial charge is 0.469 e. The Labute approximate surface area is 793 Å². The van der Waals surface area contributed by atoms with E-state index in [1.807, 2.05) is 156 Å². The summed E-state index contributed by atoms with van der Waals surface area (Å²) in [5.74, 6) is 5.27. The highest BCUT2D eigenvalue weighted by Gasteiger charge is 2.36. The molecule has 134 heavy (non-hydrogen) atoms. The van der Waals surface area contributed by atoms with Gasteiger partial charge in [0.05, 0.1) is 20.1 Å². The molecule has 8 saturated carbocycles. The predicted molar refractivity (Wildman–Crippen MR) is 530 cm³/mol. The number of piperazine rings is 1. The Kier molecular flexibility index (Phi) is 37.0. The molecule has 0 spiro atoms. The van der Waals surface area contributed by atoms with Crippen LogP contribution in [0, 0.1) is 23.7 Å². The number of nitrogens with zero attached hydrogens (tertiary/aromatic N) is 15. The fraction of sp³-hybridized carbons (Fsp3) is 0.562. The highest BCUT2D eigenvalue weighted by Crippen LogP contribution is 2.40. The van der Waals surface area contributed by atoms with Crippen LogP contribution < -0.4 is 51.5 Å². The molecule has 9 aliphatic rings. The van der Waals surface area contributed by atoms with Crippen molar-refractivity contribution in [2.45, 2.75) is 263 Å². The van der Waals surface area contributed by atoms with E-state index in [4.69, 9.17) is 4.74 Å². The Morgan fingerprint density at radius 3 is 0.993 bits per heavy atom. The fourth-order valence-electron chi connectivity index (χ4n) is 18.7. The number of methoxy groups -OCH3 is 1. The summed E-state index contributed by atoms with van der Waals surface area (Å²) in [5.41, 5.74) is 8.70. The third kappa shape index (κ3) is 32.7. The molecule has 0 bridgehead atoms. The quantitative estimate of drug-likeness (QED) is 0.0156. The third-order valence-corrected chi connectivity index (χ3v) is 26.7. The van der Waals surface area contributed by atoms with Crippen LogP contribution in [0.1, 0.15) is 271 Å². The molecular formula is C105H145N21O8. The number of carbonyl (C=O) groups excluding carboxylic acids is 6. The minimum Gasteiger partial charge on any atom is -0.469 e. The summed E-state index contributed by atoms with van der Waals surface area (Å²) in [4.78, 5) is 126. The summed E-state index contributed by atoms with van der Waals surface area (Å²) < 4.78 is 10.0. The number of carbonyl (C=O) groups is 6. The second kappa shape index (κ2) is 50.0. The van der Waals surface area contributed by atoms with Crippen molar-refractivity contribution in [1.29, 1.82) is 0 Å². The fourth-order valence-corrected chi connectivity index (χ4v) is 18.7. The first kappa shape index (κ1) is 99.0. The van der Waals surface area contributed by atoms with E-state index in [-0.39, 0.29) is 42.1 Å². The van der Waals surface area contributed by atoms with Gasteiger partial charge in [-0.05, 0) is 239 Å². The van der Waals surface area contributed by atoms with E-state index < -0.39 is 5.60 Å². The standard InChI is InChI=1S/C29H41N5O3.C26H36N6O.C26H35N5O3.C24H33N5O/c1-29(2,3)37-27(35)19-33(4)17-21-12-14-23(15-13-21)32-28(36)25-16-26(31-20-30-25)34(18-22-10-11-22)24-8-6-5-7-9-24;33-26(30-22-10-8-20(9-11-22)17-31-14-12-27-13-15-31)24-16-25(29-19-28-24)32(18-21-6-7-21)23-4-2-1-3-5-23;1-34-25(32)13-14-27-16-19-9-11-21(12-10-19)30-26(33)23-15-24(29-18-28-23)31(17-20-7-8-20)22-5-3-2-4-6-22;1-28(2)15-18-10-12-20(13-11-18)27-24(30)22-14-23(26-17-25-22)29(16-19-8-9-19)21-6-4-3-5-7-21/h12-16,20,22,24H,5-11,17-19H2,1-4H3,(H,32,36);8-11,16,19,21,23,27H,1-7,12-15,17-18H2,(H,30,33);9-12,15,18,20,22,27H,2-8,13-14,16-17H2,1H3,(H,30,33);10-14,17,19,21H,3-9,15-16H2,1-2H3,(H,27,30). The lowest BCUT2D eigenvalue weighted by atomic mass is 9.94. The number of hydrogen-bond donors (Lipinski definition) is 6. The Balaban J connectivity index is 0.000000144. The molecule has 718 valence electrons. The molecule has 29 nitrogen and oxygen atoms in total. The molecule has 4 aromatic carbocycles. The summed E-state index contributed by atoms with van der Waals surface area (Å²) in [5, 5.41) is 18.5. The number of benzene rings is 4. The average molecular weight is 1830 g/mol. The van der Waals surface area contributed by atoms with Gasteiger partial charge in [0.25, 0.3) is 23.6 Å². The first-order chi connectivity index (χ1) is 65.1. The molecule has 0 radical (unpaired) electrons. The Morgan fingerprint density at radius 2 is 0.694 bits per heavy atom. The summed E-state index contributed by atoms with van der Waals surface area (Å²) >= 11 is 0. The van der Waals surface area contributed by atoms with Gasteiger partial charge in [-0.2, -0.15) is 0 Å². The molecule has 0 unspecified atom stereocenters. The molecule has 5 heterocycles. The summed E-state index contributed by atoms with van der Waals surface area (Å²) in [7, 11) is 7.36. The normalized spacial score (nSPS) is 17.4. The third-order valence-electron chi connectivity index (χ3n) is 26.7. The van der Waals surface area contributed by atoms with Crippen molar-refractivity contribution in [3.63, 3.8) is 0 Å². The average Bonchev–Trinajstić information content (AvgIpc) is 1.16. The summed E-state index contributed by atoms with van der Waals surface area (Å²) in [6.07, 6.45) is 42.0. The van der Waals surface area contributed by atoms with Crippen LogP contribution in [0.3, 0.4) is 0 Å². The SMILES string of the molecule is CN(C)Cc1ccc(NC(=O)c2cc(N(CC3CC3)C3CCCCC3)ncn2)cc1.CN(CC(=O)OC(C)(C)C)Cc1ccc(NC(=O)c2cc(N(CC3CC3)C3CCCCC3)ncn2)cc1.COC(=O)CCNCc1ccc(NC(=O)c2cc(N(CC3CC3)C3CCCCC3)ncn2)cc1.O=C(Nc1ccc(CN2CCNCC2)cc1)c1cc(N(CC2CC2)C2CCCCC2)ncn1. The molecule has 0 atom stereocenters. The van der Waals surface area contributed by atoms with Crippen LogP contribution in [0.5, 0.6) is 0 Å². The minimum absolute atomic E-state index is 0.177. The number of aromatic nitrogens is 8. The highest BCUT2D eigenvalue weighted by molar-refractivity contribution is 6.05. The van der Waals surface area contributed by atoms with Gasteiger partial charge in [-0.25, -0.2) is 39.9 Å². The van der Waals surface area contributed by atoms with Gasteiger partial charge in [0.2, 0.25) is 0 Å². The van der Waals surface area contributed by atoms with Crippen molar-refractivity contribution in [3.05, 3.63) is 192 Å². The zero-order valence-corrected chi connectivity index (χ0v) is 80.4. The second-order valence-corrected chi connectivity index (χ2v) is 39.7. The number of rotatable bonds is 37. The summed E-state index contributed by atoms with van der Waals surface area (Å²) in [6.45, 7) is 17.8. The first-order valence-electron chi connectivity index (χ1n) is 49.8. The lowest BCUT2D eigenvalue weighted by Gasteiger charge is -2.35. The maximum Gasteiger partial charge on any atom is 0.320 e. The van der Waals surface area contributed by atoms with Crippen molar-refractivity contribution in [2.24, 2.45) is 23.7 Å². The van der Waals surface area contributed by atoms with Crippen molar-refractivity contribution in [3.8, 4) is 0 Å². The van der Waals surface area contributed by atoms with Gasteiger partial charge in [-0.3, -0.25) is 38.6 Å². The van der Waals surface area contributed by atoms with E-state index in [2.05, 4.69) is 118 Å². The van der Waals surface area contributed by atoms with Crippen molar-refractivity contribution < 1.29 is 38.2 Å². The number of likely N-dealkylation sites (N-methyl/N-ethyl adjacent to an activating group) is 1. The number of nitrogens with one attached hydrogen (secondary N) is 6. The van der Waals surface area contributed by atoms with Crippen molar-refractivity contribution in [1.82, 2.24) is 65.2 Å². The van der Waals surface area contributed by atoms with Gasteiger partial charge in [0.1, 0.15) is 77.0 Å². The van der Waals surface area contributed by atoms with Crippen molar-refractivity contribution >= 4 is 81.6 Å². The molecule has 9 fully saturated rings. The van der Waals surface area contributed by atoms with Gasteiger partial charge in [-0.15, -0.1) is 0 Å². The van der Waals surface area contributed by atoms with E-state index in [0.717, 1.165) is 135 Å². The molecule has 17 rings (SSSR count). The molecule has 6 N–H and O–H groups in total. The molecule has 1 saturated heterocycles. The van der Waals surface area contributed by atoms with Crippen molar-refractivity contribution in [2.75, 3.05) is 135 Å².